The Morgan fingerprint density at radius 2 is 2.12 bits per heavy atom. The molecule has 0 aromatic rings. The zero-order chi connectivity index (χ0) is 13.1. The molecule has 0 bridgehead atoms. The lowest BCUT2D eigenvalue weighted by Crippen LogP contribution is -2.69. The summed E-state index contributed by atoms with van der Waals surface area (Å²) in [6.07, 6.45) is 0. The standard InChI is InChI=1S/C13H28N2O2/c1-11(2)13(8-14,10-16-5)15-6-7-17-9-12(15,3)4/h11H,6-10,14H2,1-5H3. The van der Waals surface area contributed by atoms with Crippen molar-refractivity contribution in [3.63, 3.8) is 0 Å². The van der Waals surface area contributed by atoms with Gasteiger partial charge in [-0.25, -0.2) is 0 Å². The highest BCUT2D eigenvalue weighted by molar-refractivity contribution is 5.02. The molecule has 1 unspecified atom stereocenters. The minimum absolute atomic E-state index is 0.0143. The molecule has 0 spiro atoms. The van der Waals surface area contributed by atoms with Crippen LogP contribution in [-0.2, 0) is 9.47 Å². The van der Waals surface area contributed by atoms with Gasteiger partial charge >= 0.3 is 0 Å². The third-order valence-corrected chi connectivity index (χ3v) is 4.01. The molecule has 1 heterocycles. The minimum Gasteiger partial charge on any atom is -0.383 e. The minimum atomic E-state index is -0.0952. The molecule has 0 aliphatic carbocycles. The second kappa shape index (κ2) is 5.65. The molecule has 1 rings (SSSR count). The number of ether oxygens (including phenoxy) is 2. The molecule has 17 heavy (non-hydrogen) atoms. The summed E-state index contributed by atoms with van der Waals surface area (Å²) in [6.45, 7) is 12.6. The van der Waals surface area contributed by atoms with Crippen LogP contribution in [0.5, 0.6) is 0 Å². The fourth-order valence-electron chi connectivity index (χ4n) is 2.89. The quantitative estimate of drug-likeness (QED) is 0.786. The topological polar surface area (TPSA) is 47.7 Å². The van der Waals surface area contributed by atoms with E-state index in [9.17, 15) is 0 Å². The SMILES string of the molecule is COCC(CN)(C(C)C)N1CCOCC1(C)C. The van der Waals surface area contributed by atoms with Crippen molar-refractivity contribution >= 4 is 0 Å². The van der Waals surface area contributed by atoms with Crippen LogP contribution in [0, 0.1) is 5.92 Å². The van der Waals surface area contributed by atoms with Gasteiger partial charge in [0.05, 0.1) is 25.4 Å². The van der Waals surface area contributed by atoms with Gasteiger partial charge in [0.15, 0.2) is 0 Å². The molecule has 1 aliphatic heterocycles. The molecule has 102 valence electrons. The lowest BCUT2D eigenvalue weighted by molar-refractivity contribution is -0.135. The maximum absolute atomic E-state index is 6.08. The average molecular weight is 244 g/mol. The van der Waals surface area contributed by atoms with Crippen molar-refractivity contribution in [3.8, 4) is 0 Å². The van der Waals surface area contributed by atoms with Gasteiger partial charge in [-0.1, -0.05) is 13.8 Å². The first kappa shape index (κ1) is 14.9. The Morgan fingerprint density at radius 3 is 2.53 bits per heavy atom. The summed E-state index contributed by atoms with van der Waals surface area (Å²) in [5.41, 5.74) is 6.00. The predicted octanol–water partition coefficient (Wildman–Crippen LogP) is 1.10. The molecule has 2 N–H and O–H groups in total. The van der Waals surface area contributed by atoms with Gasteiger partial charge in [-0.15, -0.1) is 0 Å². The Bertz CT molecular complexity index is 244. The van der Waals surface area contributed by atoms with Crippen LogP contribution in [0.15, 0.2) is 0 Å². The van der Waals surface area contributed by atoms with Crippen LogP contribution in [0.4, 0.5) is 0 Å². The summed E-state index contributed by atoms with van der Waals surface area (Å²) < 4.78 is 11.0. The Kier molecular flexibility index (Phi) is 4.95. The maximum atomic E-state index is 6.08. The number of hydrogen-bond acceptors (Lipinski definition) is 4. The summed E-state index contributed by atoms with van der Waals surface area (Å²) in [6, 6.07) is 0. The van der Waals surface area contributed by atoms with Crippen molar-refractivity contribution in [2.45, 2.75) is 38.8 Å². The molecular formula is C13H28N2O2. The van der Waals surface area contributed by atoms with E-state index in [0.717, 1.165) is 19.8 Å². The van der Waals surface area contributed by atoms with Gasteiger partial charge in [-0.2, -0.15) is 0 Å². The summed E-state index contributed by atoms with van der Waals surface area (Å²) in [7, 11) is 1.75. The molecule has 0 aromatic heterocycles. The smallest absolute Gasteiger partial charge is 0.0661 e. The number of nitrogens with two attached hydrogens (primary N) is 1. The van der Waals surface area contributed by atoms with Gasteiger partial charge in [0.25, 0.3) is 0 Å². The van der Waals surface area contributed by atoms with Crippen molar-refractivity contribution < 1.29 is 9.47 Å². The van der Waals surface area contributed by atoms with Gasteiger partial charge in [-0.3, -0.25) is 4.90 Å². The van der Waals surface area contributed by atoms with Gasteiger partial charge in [-0.05, 0) is 19.8 Å². The van der Waals surface area contributed by atoms with E-state index in [-0.39, 0.29) is 11.1 Å². The van der Waals surface area contributed by atoms with Crippen LogP contribution < -0.4 is 5.73 Å². The predicted molar refractivity (Wildman–Crippen MR) is 70.1 cm³/mol. The fourth-order valence-corrected chi connectivity index (χ4v) is 2.89. The van der Waals surface area contributed by atoms with Crippen molar-refractivity contribution in [3.05, 3.63) is 0 Å². The van der Waals surface area contributed by atoms with E-state index in [1.807, 2.05) is 0 Å². The van der Waals surface area contributed by atoms with Crippen molar-refractivity contribution in [2.24, 2.45) is 11.7 Å². The molecule has 1 fully saturated rings. The first-order valence-electron chi connectivity index (χ1n) is 6.45. The highest BCUT2D eigenvalue weighted by Gasteiger charge is 2.46. The summed E-state index contributed by atoms with van der Waals surface area (Å²) >= 11 is 0. The van der Waals surface area contributed by atoms with E-state index in [1.165, 1.54) is 0 Å². The van der Waals surface area contributed by atoms with Crippen molar-refractivity contribution in [2.75, 3.05) is 40.0 Å². The van der Waals surface area contributed by atoms with E-state index < -0.39 is 0 Å². The van der Waals surface area contributed by atoms with Gasteiger partial charge in [0.1, 0.15) is 0 Å². The second-order valence-corrected chi connectivity index (χ2v) is 5.91. The maximum Gasteiger partial charge on any atom is 0.0661 e. The second-order valence-electron chi connectivity index (χ2n) is 5.91. The van der Waals surface area contributed by atoms with Gasteiger partial charge in [0.2, 0.25) is 0 Å². The van der Waals surface area contributed by atoms with Crippen LogP contribution in [0.1, 0.15) is 27.7 Å². The molecule has 4 nitrogen and oxygen atoms in total. The van der Waals surface area contributed by atoms with Crippen LogP contribution in [0.3, 0.4) is 0 Å². The van der Waals surface area contributed by atoms with Crippen molar-refractivity contribution in [1.82, 2.24) is 4.90 Å². The number of methoxy groups -OCH3 is 1. The zero-order valence-corrected chi connectivity index (χ0v) is 12.0. The van der Waals surface area contributed by atoms with E-state index in [1.54, 1.807) is 7.11 Å². The summed E-state index contributed by atoms with van der Waals surface area (Å²) in [5, 5.41) is 0. The number of hydrogen-bond donors (Lipinski definition) is 1. The van der Waals surface area contributed by atoms with E-state index >= 15 is 0 Å². The van der Waals surface area contributed by atoms with Gasteiger partial charge in [0, 0.05) is 25.7 Å². The Hall–Kier alpha value is -0.160. The highest BCUT2D eigenvalue weighted by atomic mass is 16.5. The lowest BCUT2D eigenvalue weighted by atomic mass is 9.81. The van der Waals surface area contributed by atoms with Crippen molar-refractivity contribution in [1.29, 1.82) is 0 Å². The highest BCUT2D eigenvalue weighted by Crippen LogP contribution is 2.33. The molecule has 0 saturated carbocycles. The molecule has 1 saturated heterocycles. The zero-order valence-electron chi connectivity index (χ0n) is 12.0. The Balaban J connectivity index is 3.02. The third-order valence-electron chi connectivity index (χ3n) is 4.01. The Morgan fingerprint density at radius 1 is 1.47 bits per heavy atom. The lowest BCUT2D eigenvalue weighted by Gasteiger charge is -2.55. The number of morpholine rings is 1. The first-order valence-corrected chi connectivity index (χ1v) is 6.45. The Labute approximate surface area is 105 Å². The molecule has 0 aromatic carbocycles. The largest absolute Gasteiger partial charge is 0.383 e. The number of nitrogens with zero attached hydrogens (tertiary/aromatic N) is 1. The average Bonchev–Trinajstić information content (AvgIpc) is 2.25. The molecule has 1 atom stereocenters. The summed E-state index contributed by atoms with van der Waals surface area (Å²) in [4.78, 5) is 2.48. The molecule has 4 heteroatoms. The third kappa shape index (κ3) is 2.81. The fraction of sp³-hybridized carbons (Fsp3) is 1.00. The first-order chi connectivity index (χ1) is 7.90. The van der Waals surface area contributed by atoms with E-state index in [0.29, 0.717) is 19.1 Å². The van der Waals surface area contributed by atoms with E-state index in [4.69, 9.17) is 15.2 Å². The molecular weight excluding hydrogens is 216 g/mol. The molecule has 0 radical (unpaired) electrons. The molecule has 0 amide bonds. The van der Waals surface area contributed by atoms with Crippen LogP contribution >= 0.6 is 0 Å². The van der Waals surface area contributed by atoms with Crippen LogP contribution in [-0.4, -0.2) is 56.0 Å². The normalized spacial score (nSPS) is 24.9. The summed E-state index contributed by atoms with van der Waals surface area (Å²) in [5.74, 6) is 0.449. The number of rotatable bonds is 5. The van der Waals surface area contributed by atoms with E-state index in [2.05, 4.69) is 32.6 Å². The molecule has 1 aliphatic rings. The van der Waals surface area contributed by atoms with Crippen LogP contribution in [0.25, 0.3) is 0 Å². The monoisotopic (exact) mass is 244 g/mol. The van der Waals surface area contributed by atoms with Gasteiger partial charge < -0.3 is 15.2 Å². The van der Waals surface area contributed by atoms with Crippen LogP contribution in [0.2, 0.25) is 0 Å².